The zero-order valence-electron chi connectivity index (χ0n) is 36.0. The van der Waals surface area contributed by atoms with Crippen LogP contribution in [0.5, 0.6) is 0 Å². The Bertz CT molecular complexity index is 2900. The van der Waals surface area contributed by atoms with Gasteiger partial charge in [-0.1, -0.05) is 93.2 Å². The molecule has 0 spiro atoms. The molecule has 0 aliphatic heterocycles. The fourth-order valence-electron chi connectivity index (χ4n) is 7.85. The van der Waals surface area contributed by atoms with Gasteiger partial charge >= 0.3 is 126 Å². The van der Waals surface area contributed by atoms with Gasteiger partial charge in [0.1, 0.15) is 0 Å². The van der Waals surface area contributed by atoms with E-state index in [4.69, 9.17) is 19.4 Å². The molecule has 4 heterocycles. The number of aryl methyl sites for hydroxylation is 1. The number of benzene rings is 5. The first kappa shape index (κ1) is 43.0. The van der Waals surface area contributed by atoms with E-state index >= 15 is 0 Å². The molecule has 4 aromatic heterocycles. The van der Waals surface area contributed by atoms with E-state index in [1.165, 1.54) is 11.1 Å². The molecular weight excluding hydrogens is 973 g/mol. The van der Waals surface area contributed by atoms with Crippen molar-refractivity contribution in [3.8, 4) is 39.6 Å². The maximum atomic E-state index is 6.54. The summed E-state index contributed by atoms with van der Waals surface area (Å²) in [5.74, 6) is 8.79. The van der Waals surface area contributed by atoms with E-state index in [2.05, 4.69) is 161 Å². The Balaban J connectivity index is 0.000000220. The van der Waals surface area contributed by atoms with E-state index in [-0.39, 0.29) is 25.5 Å². The molecule has 0 aliphatic rings. The summed E-state index contributed by atoms with van der Waals surface area (Å²) in [6.45, 7) is 13.4. The van der Waals surface area contributed by atoms with Gasteiger partial charge in [-0.25, -0.2) is 4.98 Å². The Morgan fingerprint density at radius 2 is 1.50 bits per heavy atom. The third-order valence-electron chi connectivity index (χ3n) is 10.9. The van der Waals surface area contributed by atoms with Crippen molar-refractivity contribution >= 4 is 50.8 Å². The summed E-state index contributed by atoms with van der Waals surface area (Å²) in [6.07, 6.45) is 3.27. The van der Waals surface area contributed by atoms with Crippen LogP contribution >= 0.6 is 0 Å². The quantitative estimate of drug-likeness (QED) is 0.118. The topological polar surface area (TPSA) is 56.7 Å². The fraction of sp³-hybridized carbons (Fsp3) is 0.226. The van der Waals surface area contributed by atoms with Gasteiger partial charge in [-0.05, 0) is 47.4 Å². The van der Waals surface area contributed by atoms with Crippen molar-refractivity contribution in [1.82, 2.24) is 19.5 Å². The van der Waals surface area contributed by atoms with Crippen LogP contribution in [0.1, 0.15) is 51.3 Å². The standard InChI is InChI=1S/C35H28N3O.C18H24GeN.Ir/c1-22-14-19-27(32-31(22)26-20-21-28(37-34(26)39-32)23-10-6-5-7-11-23)33-36-29-12-8-9-13-30(29)38(33)25-17-15-24(16-18-25)35(2,3)4;1-14(2)11-16-12-18(15-9-7-6-8-10-15)20-13-17(16)19(3,4)5;/h5-18,20-21H,1-4H3;6-9,12-14H,11H2,1-5H3;/q2*-1;. The molecule has 1 radical (unpaired) electrons. The maximum Gasteiger partial charge on any atom is 0.216 e. The summed E-state index contributed by atoms with van der Waals surface area (Å²) in [6, 6.07) is 50.6. The summed E-state index contributed by atoms with van der Waals surface area (Å²) in [5, 5.41) is 2.04. The van der Waals surface area contributed by atoms with Crippen LogP contribution in [0.3, 0.4) is 0 Å². The normalized spacial score (nSPS) is 11.8. The van der Waals surface area contributed by atoms with Crippen molar-refractivity contribution in [3.05, 3.63) is 162 Å². The molecule has 60 heavy (non-hydrogen) atoms. The average molecular weight is 1030 g/mol. The van der Waals surface area contributed by atoms with Crippen molar-refractivity contribution in [2.75, 3.05) is 0 Å². The van der Waals surface area contributed by atoms with Gasteiger partial charge in [0.15, 0.2) is 0 Å². The van der Waals surface area contributed by atoms with Gasteiger partial charge < -0.3 is 8.98 Å². The van der Waals surface area contributed by atoms with Crippen LogP contribution in [0.25, 0.3) is 72.7 Å². The number of pyridine rings is 2. The summed E-state index contributed by atoms with van der Waals surface area (Å²) >= 11 is -1.86. The monoisotopic (exact) mass is 1030 g/mol. The first-order valence-corrected chi connectivity index (χ1v) is 28.0. The SMILES string of the molecule is CC(C)Cc1cc(-c2[c-]cccc2)nc[c]1[Ge]([CH3])([CH3])[CH3].Cc1c[c-]c(-c2nc3ccccc3n2-c2ccc(C(C)(C)C)cc2)c2oc3nc(-c4ccccc4)ccc3c12.[Ir]. The molecule has 0 saturated carbocycles. The average Bonchev–Trinajstić information content (AvgIpc) is 3.80. The smallest absolute Gasteiger partial charge is 0.216 e. The molecule has 0 saturated heterocycles. The zero-order chi connectivity index (χ0) is 41.5. The molecule has 7 heteroatoms. The van der Waals surface area contributed by atoms with E-state index in [1.807, 2.05) is 48.5 Å². The first-order chi connectivity index (χ1) is 28.3. The van der Waals surface area contributed by atoms with Crippen molar-refractivity contribution in [2.45, 2.75) is 70.6 Å². The number of para-hydroxylation sites is 2. The van der Waals surface area contributed by atoms with E-state index in [9.17, 15) is 0 Å². The van der Waals surface area contributed by atoms with E-state index in [0.717, 1.165) is 79.0 Å². The van der Waals surface area contributed by atoms with Gasteiger partial charge in [-0.3, -0.25) is 4.98 Å². The van der Waals surface area contributed by atoms with Crippen LogP contribution in [0.15, 0.2) is 138 Å². The second kappa shape index (κ2) is 17.5. The van der Waals surface area contributed by atoms with Crippen LogP contribution in [-0.2, 0) is 31.9 Å². The zero-order valence-corrected chi connectivity index (χ0v) is 40.5. The number of imidazole rings is 1. The van der Waals surface area contributed by atoms with Gasteiger partial charge in [0.25, 0.3) is 0 Å². The predicted octanol–water partition coefficient (Wildman–Crippen LogP) is 13.3. The Labute approximate surface area is 371 Å². The number of hydrogen-bond donors (Lipinski definition) is 0. The number of aromatic nitrogens is 4. The van der Waals surface area contributed by atoms with Gasteiger partial charge in [-0.2, -0.15) is 0 Å². The minimum absolute atomic E-state index is 0. The number of fused-ring (bicyclic) bond motifs is 4. The molecule has 0 unspecified atom stereocenters. The molecule has 5 nitrogen and oxygen atoms in total. The Morgan fingerprint density at radius 1 is 0.783 bits per heavy atom. The van der Waals surface area contributed by atoms with E-state index < -0.39 is 13.3 Å². The number of furan rings is 1. The van der Waals surface area contributed by atoms with Crippen molar-refractivity contribution < 1.29 is 24.5 Å². The van der Waals surface area contributed by atoms with Crippen LogP contribution < -0.4 is 4.40 Å². The number of hydrogen-bond acceptors (Lipinski definition) is 4. The molecule has 0 amide bonds. The minimum Gasteiger partial charge on any atom is -0.486 e. The summed E-state index contributed by atoms with van der Waals surface area (Å²) in [7, 11) is 0. The van der Waals surface area contributed by atoms with Crippen LogP contribution in [0.4, 0.5) is 0 Å². The summed E-state index contributed by atoms with van der Waals surface area (Å²) in [4.78, 5) is 14.7. The van der Waals surface area contributed by atoms with Crippen molar-refractivity contribution in [3.63, 3.8) is 0 Å². The van der Waals surface area contributed by atoms with Gasteiger partial charge in [0.2, 0.25) is 5.71 Å². The Morgan fingerprint density at radius 3 is 2.18 bits per heavy atom. The number of nitrogens with zero attached hydrogens (tertiary/aromatic N) is 4. The third-order valence-corrected chi connectivity index (χ3v) is 15.2. The first-order valence-electron chi connectivity index (χ1n) is 20.6. The molecule has 0 bridgehead atoms. The van der Waals surface area contributed by atoms with Crippen molar-refractivity contribution in [1.29, 1.82) is 0 Å². The Hall–Kier alpha value is -5.14. The van der Waals surface area contributed by atoms with Gasteiger partial charge in [-0.15, -0.1) is 17.7 Å². The maximum absolute atomic E-state index is 6.54. The molecule has 0 fully saturated rings. The second-order valence-electron chi connectivity index (χ2n) is 18.0. The predicted molar refractivity (Wildman–Crippen MR) is 249 cm³/mol. The molecular formula is C53H52GeIrN4O-2. The summed E-state index contributed by atoms with van der Waals surface area (Å²) < 4.78 is 10.3. The van der Waals surface area contributed by atoms with E-state index in [0.29, 0.717) is 11.6 Å². The molecule has 5 aromatic carbocycles. The largest absolute Gasteiger partial charge is 0.486 e. The van der Waals surface area contributed by atoms with E-state index in [1.54, 1.807) is 4.40 Å². The van der Waals surface area contributed by atoms with Crippen LogP contribution in [0.2, 0.25) is 17.3 Å². The van der Waals surface area contributed by atoms with Crippen LogP contribution in [-0.4, -0.2) is 32.8 Å². The van der Waals surface area contributed by atoms with Gasteiger partial charge in [0.05, 0.1) is 28.1 Å². The minimum atomic E-state index is -1.86. The van der Waals surface area contributed by atoms with Gasteiger partial charge in [0, 0.05) is 36.7 Å². The molecule has 0 atom stereocenters. The molecule has 0 aliphatic carbocycles. The second-order valence-corrected chi connectivity index (χ2v) is 28.5. The Kier molecular flexibility index (Phi) is 12.5. The molecule has 9 aromatic rings. The van der Waals surface area contributed by atoms with Crippen molar-refractivity contribution in [2.24, 2.45) is 5.92 Å². The molecule has 9 rings (SSSR count). The number of rotatable bonds is 7. The summed E-state index contributed by atoms with van der Waals surface area (Å²) in [5.41, 5.74) is 13.3. The third kappa shape index (κ3) is 8.83. The van der Waals surface area contributed by atoms with Crippen LogP contribution in [0, 0.1) is 25.0 Å². The molecule has 305 valence electrons. The molecule has 0 N–H and O–H groups in total. The fourth-order valence-corrected chi connectivity index (χ4v) is 11.2.